The fourth-order valence-corrected chi connectivity index (χ4v) is 3.29. The first-order valence-corrected chi connectivity index (χ1v) is 8.73. The normalized spacial score (nSPS) is 15.1. The lowest BCUT2D eigenvalue weighted by molar-refractivity contribution is 0.102. The van der Waals surface area contributed by atoms with Crippen LogP contribution in [0.25, 0.3) is 0 Å². The molecule has 1 aromatic carbocycles. The number of aryl methyl sites for hydroxylation is 2. The molecule has 1 amide bonds. The first-order valence-electron chi connectivity index (χ1n) is 8.73. The molecule has 2 aromatic rings. The predicted molar refractivity (Wildman–Crippen MR) is 98.6 cm³/mol. The van der Waals surface area contributed by atoms with Crippen molar-refractivity contribution in [3.63, 3.8) is 0 Å². The van der Waals surface area contributed by atoms with Gasteiger partial charge >= 0.3 is 0 Å². The topological polar surface area (TPSA) is 54.0 Å². The number of amides is 1. The van der Waals surface area contributed by atoms with Crippen LogP contribution in [0.15, 0.2) is 36.5 Å². The molecule has 0 unspecified atom stereocenters. The Bertz CT molecular complexity index is 683. The van der Waals surface area contributed by atoms with Gasteiger partial charge in [0.2, 0.25) is 0 Å². The molecule has 1 fully saturated rings. The minimum Gasteiger partial charge on any atom is -0.381 e. The Kier molecular flexibility index (Phi) is 5.14. The lowest BCUT2D eigenvalue weighted by atomic mass is 9.95. The van der Waals surface area contributed by atoms with Gasteiger partial charge in [0.05, 0.1) is 11.9 Å². The summed E-state index contributed by atoms with van der Waals surface area (Å²) in [6.07, 6.45) is 8.12. The molecule has 0 bridgehead atoms. The molecule has 3 rings (SSSR count). The Morgan fingerprint density at radius 1 is 1.04 bits per heavy atom. The fourth-order valence-electron chi connectivity index (χ4n) is 3.29. The number of para-hydroxylation sites is 1. The molecular formula is C20H25N3O. The molecule has 1 heterocycles. The first-order chi connectivity index (χ1) is 11.6. The number of benzene rings is 1. The largest absolute Gasteiger partial charge is 0.381 e. The highest BCUT2D eigenvalue weighted by atomic mass is 16.1. The van der Waals surface area contributed by atoms with E-state index in [1.807, 2.05) is 38.1 Å². The van der Waals surface area contributed by atoms with Crippen LogP contribution in [0.1, 0.15) is 53.7 Å². The van der Waals surface area contributed by atoms with E-state index in [2.05, 4.69) is 15.6 Å². The van der Waals surface area contributed by atoms with Crippen molar-refractivity contribution in [1.82, 2.24) is 4.98 Å². The average molecular weight is 323 g/mol. The van der Waals surface area contributed by atoms with Crippen LogP contribution in [0, 0.1) is 13.8 Å². The molecule has 2 N–H and O–H groups in total. The van der Waals surface area contributed by atoms with Crippen LogP contribution in [-0.2, 0) is 0 Å². The smallest absolute Gasteiger partial charge is 0.274 e. The third-order valence-electron chi connectivity index (χ3n) is 4.69. The first kappa shape index (κ1) is 16.5. The molecule has 1 aromatic heterocycles. The van der Waals surface area contributed by atoms with Crippen LogP contribution >= 0.6 is 0 Å². The summed E-state index contributed by atoms with van der Waals surface area (Å²) in [5.74, 6) is -0.170. The van der Waals surface area contributed by atoms with Crippen LogP contribution in [0.5, 0.6) is 0 Å². The van der Waals surface area contributed by atoms with Crippen molar-refractivity contribution in [2.75, 3.05) is 10.6 Å². The van der Waals surface area contributed by atoms with Crippen molar-refractivity contribution in [2.24, 2.45) is 0 Å². The van der Waals surface area contributed by atoms with Crippen molar-refractivity contribution in [1.29, 1.82) is 0 Å². The summed E-state index contributed by atoms with van der Waals surface area (Å²) in [5, 5.41) is 6.49. The van der Waals surface area contributed by atoms with Gasteiger partial charge in [0, 0.05) is 11.7 Å². The maximum Gasteiger partial charge on any atom is 0.274 e. The quantitative estimate of drug-likeness (QED) is 0.858. The van der Waals surface area contributed by atoms with E-state index in [1.54, 1.807) is 12.3 Å². The highest BCUT2D eigenvalue weighted by molar-refractivity contribution is 6.03. The number of carbonyl (C=O) groups is 1. The number of hydrogen-bond donors (Lipinski definition) is 2. The second kappa shape index (κ2) is 7.47. The van der Waals surface area contributed by atoms with E-state index in [0.29, 0.717) is 11.7 Å². The number of nitrogens with one attached hydrogen (secondary N) is 2. The lowest BCUT2D eigenvalue weighted by Crippen LogP contribution is -2.22. The number of rotatable bonds is 4. The predicted octanol–water partition coefficient (Wildman–Crippen LogP) is 4.70. The molecule has 4 heteroatoms. The highest BCUT2D eigenvalue weighted by Gasteiger charge is 2.14. The van der Waals surface area contributed by atoms with E-state index in [-0.39, 0.29) is 5.91 Å². The van der Waals surface area contributed by atoms with Crippen molar-refractivity contribution in [2.45, 2.75) is 52.0 Å². The number of hydrogen-bond acceptors (Lipinski definition) is 3. The Morgan fingerprint density at radius 3 is 2.38 bits per heavy atom. The van der Waals surface area contributed by atoms with E-state index in [0.717, 1.165) is 22.5 Å². The average Bonchev–Trinajstić information content (AvgIpc) is 2.60. The van der Waals surface area contributed by atoms with Gasteiger partial charge in [0.25, 0.3) is 5.91 Å². The molecule has 1 aliphatic rings. The summed E-state index contributed by atoms with van der Waals surface area (Å²) in [4.78, 5) is 16.8. The second-order valence-corrected chi connectivity index (χ2v) is 6.63. The van der Waals surface area contributed by atoms with Gasteiger partial charge in [-0.05, 0) is 49.9 Å². The molecule has 0 aliphatic heterocycles. The van der Waals surface area contributed by atoms with Crippen LogP contribution in [-0.4, -0.2) is 16.9 Å². The van der Waals surface area contributed by atoms with Crippen LogP contribution in [0.3, 0.4) is 0 Å². The Morgan fingerprint density at radius 2 is 1.75 bits per heavy atom. The molecule has 1 aliphatic carbocycles. The minimum absolute atomic E-state index is 0.170. The van der Waals surface area contributed by atoms with Gasteiger partial charge in [0.1, 0.15) is 5.69 Å². The van der Waals surface area contributed by atoms with Crippen molar-refractivity contribution < 1.29 is 4.79 Å². The number of nitrogens with zero attached hydrogens (tertiary/aromatic N) is 1. The van der Waals surface area contributed by atoms with Gasteiger partial charge in [-0.2, -0.15) is 0 Å². The summed E-state index contributed by atoms with van der Waals surface area (Å²) in [7, 11) is 0. The zero-order valence-electron chi connectivity index (χ0n) is 14.4. The standard InChI is InChI=1S/C20H25N3O/c1-14-7-6-8-15(2)19(14)23-20(24)18-12-11-17(13-21-18)22-16-9-4-3-5-10-16/h6-8,11-13,16,22H,3-5,9-10H2,1-2H3,(H,23,24). The van der Waals surface area contributed by atoms with E-state index < -0.39 is 0 Å². The molecule has 0 spiro atoms. The SMILES string of the molecule is Cc1cccc(C)c1NC(=O)c1ccc(NC2CCCCC2)cn1. The second-order valence-electron chi connectivity index (χ2n) is 6.63. The Hall–Kier alpha value is -2.36. The monoisotopic (exact) mass is 323 g/mol. The van der Waals surface area contributed by atoms with Crippen molar-refractivity contribution in [3.05, 3.63) is 53.3 Å². The van der Waals surface area contributed by atoms with Gasteiger partial charge in [-0.1, -0.05) is 37.5 Å². The summed E-state index contributed by atoms with van der Waals surface area (Å²) in [6, 6.07) is 10.2. The minimum atomic E-state index is -0.170. The zero-order valence-corrected chi connectivity index (χ0v) is 14.4. The van der Waals surface area contributed by atoms with E-state index >= 15 is 0 Å². The third kappa shape index (κ3) is 3.94. The highest BCUT2D eigenvalue weighted by Crippen LogP contribution is 2.22. The van der Waals surface area contributed by atoms with Gasteiger partial charge < -0.3 is 10.6 Å². The van der Waals surface area contributed by atoms with Crippen LogP contribution < -0.4 is 10.6 Å². The molecular weight excluding hydrogens is 298 g/mol. The van der Waals surface area contributed by atoms with E-state index in [1.165, 1.54) is 32.1 Å². The van der Waals surface area contributed by atoms with Gasteiger partial charge in [-0.15, -0.1) is 0 Å². The number of pyridine rings is 1. The van der Waals surface area contributed by atoms with Crippen molar-refractivity contribution in [3.8, 4) is 0 Å². The van der Waals surface area contributed by atoms with Crippen LogP contribution in [0.4, 0.5) is 11.4 Å². The lowest BCUT2D eigenvalue weighted by Gasteiger charge is -2.23. The Balaban J connectivity index is 1.65. The van der Waals surface area contributed by atoms with Gasteiger partial charge in [-0.3, -0.25) is 4.79 Å². The van der Waals surface area contributed by atoms with Crippen molar-refractivity contribution >= 4 is 17.3 Å². The molecule has 0 radical (unpaired) electrons. The number of aromatic nitrogens is 1. The van der Waals surface area contributed by atoms with Gasteiger partial charge in [0.15, 0.2) is 0 Å². The maximum atomic E-state index is 12.4. The number of carbonyl (C=O) groups excluding carboxylic acids is 1. The fraction of sp³-hybridized carbons (Fsp3) is 0.400. The van der Waals surface area contributed by atoms with Gasteiger partial charge in [-0.25, -0.2) is 4.98 Å². The number of anilines is 2. The molecule has 0 atom stereocenters. The molecule has 4 nitrogen and oxygen atoms in total. The maximum absolute atomic E-state index is 12.4. The summed E-state index contributed by atoms with van der Waals surface area (Å²) in [6.45, 7) is 3.99. The molecule has 24 heavy (non-hydrogen) atoms. The van der Waals surface area contributed by atoms with E-state index in [9.17, 15) is 4.79 Å². The van der Waals surface area contributed by atoms with Crippen LogP contribution in [0.2, 0.25) is 0 Å². The molecule has 0 saturated heterocycles. The third-order valence-corrected chi connectivity index (χ3v) is 4.69. The molecule has 1 saturated carbocycles. The van der Waals surface area contributed by atoms with E-state index in [4.69, 9.17) is 0 Å². The summed E-state index contributed by atoms with van der Waals surface area (Å²) >= 11 is 0. The zero-order chi connectivity index (χ0) is 16.9. The summed E-state index contributed by atoms with van der Waals surface area (Å²) < 4.78 is 0. The molecule has 126 valence electrons. The Labute approximate surface area is 143 Å². The summed E-state index contributed by atoms with van der Waals surface area (Å²) in [5.41, 5.74) is 4.41.